The second-order valence-electron chi connectivity index (χ2n) is 10.7. The number of amides is 2. The molecule has 0 N–H and O–H groups in total. The fourth-order valence-electron chi connectivity index (χ4n) is 4.82. The van der Waals surface area contributed by atoms with E-state index in [0.717, 1.165) is 58.2 Å². The second-order valence-corrected chi connectivity index (χ2v) is 10.7. The number of benzene rings is 1. The Kier molecular flexibility index (Phi) is 6.54. The number of nitrogens with zero attached hydrogens (tertiary/aromatic N) is 2. The topological polar surface area (TPSA) is 59.1 Å². The third-order valence-electron chi connectivity index (χ3n) is 7.88. The standard InChI is InChI=1S/C27H35FN2O4/c1-27(8-9-27)18-34-26(32)30-12-5-19(6-13-30)23-15-20(23)7-14-33-22-4-3-21(24(28)17-22)16-25(31)29-10-2-11-29/h3-5,17,20,23H,2,6-16,18H2,1H3. The van der Waals surface area contributed by atoms with Gasteiger partial charge in [0.2, 0.25) is 5.91 Å². The highest BCUT2D eigenvalue weighted by Crippen LogP contribution is 2.48. The SMILES string of the molecule is CC1(COC(=O)N2CC=C(C3CC3CCOc3ccc(CC(=O)N4CCC4)c(F)c3)CC2)CC1. The molecule has 1 saturated heterocycles. The molecule has 2 atom stereocenters. The summed E-state index contributed by atoms with van der Waals surface area (Å²) in [5.74, 6) is 1.30. The Hall–Kier alpha value is -2.57. The summed E-state index contributed by atoms with van der Waals surface area (Å²) in [7, 11) is 0. The van der Waals surface area contributed by atoms with Gasteiger partial charge in [0, 0.05) is 37.7 Å². The fourth-order valence-corrected chi connectivity index (χ4v) is 4.82. The van der Waals surface area contributed by atoms with E-state index in [4.69, 9.17) is 9.47 Å². The number of rotatable bonds is 9. The summed E-state index contributed by atoms with van der Waals surface area (Å²) in [4.78, 5) is 27.9. The van der Waals surface area contributed by atoms with Gasteiger partial charge in [0.15, 0.2) is 0 Å². The third kappa shape index (κ3) is 5.56. The molecule has 2 heterocycles. The predicted octanol–water partition coefficient (Wildman–Crippen LogP) is 4.57. The van der Waals surface area contributed by atoms with Gasteiger partial charge in [-0.05, 0) is 62.0 Å². The van der Waals surface area contributed by atoms with Crippen LogP contribution in [-0.2, 0) is 16.0 Å². The van der Waals surface area contributed by atoms with E-state index in [1.165, 1.54) is 11.6 Å². The van der Waals surface area contributed by atoms with Crippen molar-refractivity contribution in [3.05, 3.63) is 41.2 Å². The molecule has 0 spiro atoms. The molecule has 2 amide bonds. The molecule has 2 aliphatic carbocycles. The summed E-state index contributed by atoms with van der Waals surface area (Å²) in [6.07, 6.45) is 8.46. The van der Waals surface area contributed by atoms with Crippen molar-refractivity contribution in [2.24, 2.45) is 17.3 Å². The number of halogens is 1. The number of hydrogen-bond donors (Lipinski definition) is 0. The van der Waals surface area contributed by atoms with Gasteiger partial charge in [-0.3, -0.25) is 4.79 Å². The van der Waals surface area contributed by atoms with E-state index in [1.54, 1.807) is 21.9 Å². The number of ether oxygens (including phenoxy) is 2. The van der Waals surface area contributed by atoms with Crippen LogP contribution in [0.1, 0.15) is 51.0 Å². The molecule has 4 aliphatic rings. The van der Waals surface area contributed by atoms with Gasteiger partial charge in [-0.15, -0.1) is 0 Å². The second kappa shape index (κ2) is 9.59. The average molecular weight is 471 g/mol. The van der Waals surface area contributed by atoms with Gasteiger partial charge < -0.3 is 19.3 Å². The lowest BCUT2D eigenvalue weighted by molar-refractivity contribution is -0.133. The van der Waals surface area contributed by atoms with Crippen LogP contribution in [0.2, 0.25) is 0 Å². The first-order valence-corrected chi connectivity index (χ1v) is 12.7. The van der Waals surface area contributed by atoms with Crippen LogP contribution >= 0.6 is 0 Å². The minimum Gasteiger partial charge on any atom is -0.493 e. The van der Waals surface area contributed by atoms with Crippen LogP contribution in [0.5, 0.6) is 5.75 Å². The number of hydrogen-bond acceptors (Lipinski definition) is 4. The first kappa shape index (κ1) is 23.2. The maximum Gasteiger partial charge on any atom is 0.410 e. The Morgan fingerprint density at radius 3 is 2.65 bits per heavy atom. The van der Waals surface area contributed by atoms with E-state index >= 15 is 0 Å². The molecule has 2 saturated carbocycles. The van der Waals surface area contributed by atoms with E-state index < -0.39 is 0 Å². The average Bonchev–Trinajstić information content (AvgIpc) is 3.71. The Morgan fingerprint density at radius 1 is 1.18 bits per heavy atom. The molecule has 0 bridgehead atoms. The molecule has 3 fully saturated rings. The van der Waals surface area contributed by atoms with E-state index in [2.05, 4.69) is 13.0 Å². The molecular weight excluding hydrogens is 435 g/mol. The minimum absolute atomic E-state index is 0.0109. The summed E-state index contributed by atoms with van der Waals surface area (Å²) >= 11 is 0. The highest BCUT2D eigenvalue weighted by Gasteiger charge is 2.41. The summed E-state index contributed by atoms with van der Waals surface area (Å²) in [5, 5.41) is 0. The van der Waals surface area contributed by atoms with E-state index in [-0.39, 0.29) is 29.7 Å². The van der Waals surface area contributed by atoms with Gasteiger partial charge >= 0.3 is 6.09 Å². The van der Waals surface area contributed by atoms with Crippen molar-refractivity contribution >= 4 is 12.0 Å². The largest absolute Gasteiger partial charge is 0.493 e. The molecule has 7 heteroatoms. The van der Waals surface area contributed by atoms with Gasteiger partial charge in [0.25, 0.3) is 0 Å². The Bertz CT molecular complexity index is 969. The number of likely N-dealkylation sites (tertiary alicyclic amines) is 1. The Balaban J connectivity index is 1.01. The van der Waals surface area contributed by atoms with Crippen LogP contribution in [0.3, 0.4) is 0 Å². The minimum atomic E-state index is -0.377. The lowest BCUT2D eigenvalue weighted by atomic mass is 10.0. The molecule has 0 radical (unpaired) electrons. The van der Waals surface area contributed by atoms with E-state index in [9.17, 15) is 14.0 Å². The Morgan fingerprint density at radius 2 is 2.00 bits per heavy atom. The summed E-state index contributed by atoms with van der Waals surface area (Å²) in [6, 6.07) is 4.81. The van der Waals surface area contributed by atoms with Crippen LogP contribution < -0.4 is 4.74 Å². The van der Waals surface area contributed by atoms with Gasteiger partial charge in [-0.2, -0.15) is 0 Å². The van der Waals surface area contributed by atoms with Crippen LogP contribution in [0.15, 0.2) is 29.8 Å². The van der Waals surface area contributed by atoms with Crippen molar-refractivity contribution in [2.45, 2.75) is 51.9 Å². The predicted molar refractivity (Wildman–Crippen MR) is 126 cm³/mol. The number of carbonyl (C=O) groups excluding carboxylic acids is 2. The smallest absolute Gasteiger partial charge is 0.410 e. The molecule has 1 aromatic carbocycles. The first-order chi connectivity index (χ1) is 16.4. The molecule has 34 heavy (non-hydrogen) atoms. The van der Waals surface area contributed by atoms with Crippen molar-refractivity contribution in [3.8, 4) is 5.75 Å². The van der Waals surface area contributed by atoms with Crippen molar-refractivity contribution in [2.75, 3.05) is 39.4 Å². The van der Waals surface area contributed by atoms with Gasteiger partial charge in [0.1, 0.15) is 11.6 Å². The molecule has 2 unspecified atom stereocenters. The zero-order chi connectivity index (χ0) is 23.7. The van der Waals surface area contributed by atoms with E-state index in [0.29, 0.717) is 42.9 Å². The van der Waals surface area contributed by atoms with Crippen LogP contribution in [0, 0.1) is 23.1 Å². The van der Waals surface area contributed by atoms with Crippen LogP contribution in [-0.4, -0.2) is 61.2 Å². The zero-order valence-corrected chi connectivity index (χ0v) is 20.1. The lowest BCUT2D eigenvalue weighted by Crippen LogP contribution is -2.42. The molecule has 5 rings (SSSR count). The monoisotopic (exact) mass is 470 g/mol. The lowest BCUT2D eigenvalue weighted by Gasteiger charge is -2.31. The van der Waals surface area contributed by atoms with Crippen molar-refractivity contribution in [1.82, 2.24) is 9.80 Å². The molecular formula is C27H35FN2O4. The normalized spacial score (nSPS) is 24.7. The third-order valence-corrected chi connectivity index (χ3v) is 7.88. The zero-order valence-electron chi connectivity index (χ0n) is 20.1. The van der Waals surface area contributed by atoms with Crippen LogP contribution in [0.4, 0.5) is 9.18 Å². The highest BCUT2D eigenvalue weighted by molar-refractivity contribution is 5.79. The van der Waals surface area contributed by atoms with Gasteiger partial charge in [-0.25, -0.2) is 9.18 Å². The van der Waals surface area contributed by atoms with Gasteiger partial charge in [0.05, 0.1) is 19.6 Å². The number of carbonyl (C=O) groups is 2. The van der Waals surface area contributed by atoms with Crippen LogP contribution in [0.25, 0.3) is 0 Å². The Labute approximate surface area is 201 Å². The van der Waals surface area contributed by atoms with Gasteiger partial charge in [-0.1, -0.05) is 24.6 Å². The highest BCUT2D eigenvalue weighted by atomic mass is 19.1. The molecule has 0 aromatic heterocycles. The molecule has 2 aliphatic heterocycles. The summed E-state index contributed by atoms with van der Waals surface area (Å²) in [5.41, 5.74) is 2.09. The molecule has 1 aromatic rings. The quantitative estimate of drug-likeness (QED) is 0.496. The van der Waals surface area contributed by atoms with Crippen molar-refractivity contribution < 1.29 is 23.5 Å². The van der Waals surface area contributed by atoms with E-state index in [1.807, 2.05) is 0 Å². The maximum atomic E-state index is 14.4. The molecule has 184 valence electrons. The summed E-state index contributed by atoms with van der Waals surface area (Å²) in [6.45, 7) is 6.18. The summed E-state index contributed by atoms with van der Waals surface area (Å²) < 4.78 is 25.7. The molecule has 6 nitrogen and oxygen atoms in total. The van der Waals surface area contributed by atoms with Crippen molar-refractivity contribution in [3.63, 3.8) is 0 Å². The first-order valence-electron chi connectivity index (χ1n) is 12.7. The fraction of sp³-hybridized carbons (Fsp3) is 0.630. The maximum absolute atomic E-state index is 14.4. The van der Waals surface area contributed by atoms with Crippen molar-refractivity contribution in [1.29, 1.82) is 0 Å².